The summed E-state index contributed by atoms with van der Waals surface area (Å²) < 4.78 is 7.67. The van der Waals surface area contributed by atoms with Crippen molar-refractivity contribution in [3.8, 4) is 5.75 Å². The Morgan fingerprint density at radius 3 is 2.84 bits per heavy atom. The Bertz CT molecular complexity index is 872. The summed E-state index contributed by atoms with van der Waals surface area (Å²) in [5, 5.41) is 3.40. The number of nitrogens with one attached hydrogen (secondary N) is 1. The SMILES string of the molecule is CCCCNc1nc(N)nc2ccn(Cc3ccc(C)cc3OC)c12. The van der Waals surface area contributed by atoms with Crippen molar-refractivity contribution in [2.45, 2.75) is 33.2 Å². The highest BCUT2D eigenvalue weighted by molar-refractivity contribution is 5.87. The van der Waals surface area contributed by atoms with Crippen molar-refractivity contribution in [2.24, 2.45) is 0 Å². The lowest BCUT2D eigenvalue weighted by Gasteiger charge is -2.13. The lowest BCUT2D eigenvalue weighted by Crippen LogP contribution is -2.09. The molecule has 0 atom stereocenters. The van der Waals surface area contributed by atoms with E-state index in [1.54, 1.807) is 7.11 Å². The average molecular weight is 339 g/mol. The summed E-state index contributed by atoms with van der Waals surface area (Å²) in [7, 11) is 1.70. The van der Waals surface area contributed by atoms with Crippen molar-refractivity contribution in [1.82, 2.24) is 14.5 Å². The largest absolute Gasteiger partial charge is 0.496 e. The zero-order valence-electron chi connectivity index (χ0n) is 15.0. The molecule has 25 heavy (non-hydrogen) atoms. The first-order valence-electron chi connectivity index (χ1n) is 8.62. The Balaban J connectivity index is 1.99. The number of nitrogens with two attached hydrogens (primary N) is 1. The van der Waals surface area contributed by atoms with Crippen LogP contribution in [0, 0.1) is 6.92 Å². The Labute approximate surface area is 148 Å². The van der Waals surface area contributed by atoms with Gasteiger partial charge < -0.3 is 20.4 Å². The Hall–Kier alpha value is -2.76. The van der Waals surface area contributed by atoms with Crippen molar-refractivity contribution in [3.05, 3.63) is 41.6 Å². The first-order chi connectivity index (χ1) is 12.1. The summed E-state index contributed by atoms with van der Waals surface area (Å²) in [6.45, 7) is 5.77. The van der Waals surface area contributed by atoms with E-state index in [-0.39, 0.29) is 5.95 Å². The topological polar surface area (TPSA) is 78.0 Å². The second-order valence-corrected chi connectivity index (χ2v) is 6.20. The maximum absolute atomic E-state index is 5.86. The number of aryl methyl sites for hydroxylation is 1. The van der Waals surface area contributed by atoms with Crippen molar-refractivity contribution in [3.63, 3.8) is 0 Å². The first kappa shape index (κ1) is 17.1. The number of hydrogen-bond acceptors (Lipinski definition) is 5. The van der Waals surface area contributed by atoms with Gasteiger partial charge in [0.05, 0.1) is 19.2 Å². The third-order valence-corrected chi connectivity index (χ3v) is 4.23. The van der Waals surface area contributed by atoms with E-state index in [4.69, 9.17) is 10.5 Å². The molecule has 0 saturated carbocycles. The maximum atomic E-state index is 5.86. The molecule has 132 valence electrons. The molecule has 0 saturated heterocycles. The second kappa shape index (κ2) is 7.42. The smallest absolute Gasteiger partial charge is 0.222 e. The maximum Gasteiger partial charge on any atom is 0.222 e. The number of rotatable bonds is 7. The Kier molecular flexibility index (Phi) is 5.07. The zero-order chi connectivity index (χ0) is 17.8. The van der Waals surface area contributed by atoms with Gasteiger partial charge in [0.15, 0.2) is 5.82 Å². The molecule has 0 aliphatic rings. The molecule has 6 nitrogen and oxygen atoms in total. The molecule has 6 heteroatoms. The van der Waals surface area contributed by atoms with Crippen LogP contribution in [-0.4, -0.2) is 28.2 Å². The Morgan fingerprint density at radius 2 is 2.08 bits per heavy atom. The van der Waals surface area contributed by atoms with Gasteiger partial charge in [-0.2, -0.15) is 4.98 Å². The van der Waals surface area contributed by atoms with E-state index < -0.39 is 0 Å². The van der Waals surface area contributed by atoms with Gasteiger partial charge in [-0.1, -0.05) is 25.5 Å². The first-order valence-corrected chi connectivity index (χ1v) is 8.62. The summed E-state index contributed by atoms with van der Waals surface area (Å²) in [6, 6.07) is 8.22. The summed E-state index contributed by atoms with van der Waals surface area (Å²) in [5.74, 6) is 1.96. The molecule has 3 aromatic rings. The van der Waals surface area contributed by atoms with Crippen LogP contribution < -0.4 is 15.8 Å². The van der Waals surface area contributed by atoms with Gasteiger partial charge in [0, 0.05) is 18.3 Å². The van der Waals surface area contributed by atoms with Crippen LogP contribution >= 0.6 is 0 Å². The number of hydrogen-bond donors (Lipinski definition) is 2. The van der Waals surface area contributed by atoms with E-state index in [9.17, 15) is 0 Å². The fraction of sp³-hybridized carbons (Fsp3) is 0.368. The molecule has 0 radical (unpaired) electrons. The number of unbranched alkanes of at least 4 members (excludes halogenated alkanes) is 1. The van der Waals surface area contributed by atoms with Gasteiger partial charge in [-0.15, -0.1) is 0 Å². The monoisotopic (exact) mass is 339 g/mol. The number of methoxy groups -OCH3 is 1. The standard InChI is InChI=1S/C19H25N5O/c1-4-5-9-21-18-17-15(22-19(20)23-18)8-10-24(17)12-14-7-6-13(2)11-16(14)25-3/h6-8,10-11H,4-5,9,12H2,1-3H3,(H3,20,21,22,23). The van der Waals surface area contributed by atoms with E-state index in [2.05, 4.69) is 51.9 Å². The summed E-state index contributed by atoms with van der Waals surface area (Å²) >= 11 is 0. The van der Waals surface area contributed by atoms with Crippen molar-refractivity contribution in [2.75, 3.05) is 24.7 Å². The number of fused-ring (bicyclic) bond motifs is 1. The van der Waals surface area contributed by atoms with E-state index in [0.29, 0.717) is 6.54 Å². The van der Waals surface area contributed by atoms with Crippen molar-refractivity contribution >= 4 is 22.8 Å². The molecule has 0 bridgehead atoms. The van der Waals surface area contributed by atoms with Crippen LogP contribution in [0.2, 0.25) is 0 Å². The van der Waals surface area contributed by atoms with Crippen LogP contribution in [0.15, 0.2) is 30.5 Å². The number of nitrogen functional groups attached to an aromatic ring is 1. The quantitative estimate of drug-likeness (QED) is 0.643. The third-order valence-electron chi connectivity index (χ3n) is 4.23. The molecular weight excluding hydrogens is 314 g/mol. The van der Waals surface area contributed by atoms with Gasteiger partial charge >= 0.3 is 0 Å². The number of anilines is 2. The molecule has 1 aromatic carbocycles. The fourth-order valence-electron chi connectivity index (χ4n) is 2.93. The van der Waals surface area contributed by atoms with Crippen molar-refractivity contribution in [1.29, 1.82) is 0 Å². The molecule has 2 aromatic heterocycles. The van der Waals surface area contributed by atoms with E-state index in [1.165, 1.54) is 5.56 Å². The number of benzene rings is 1. The number of ether oxygens (including phenoxy) is 1. The average Bonchev–Trinajstić information content (AvgIpc) is 2.99. The van der Waals surface area contributed by atoms with Gasteiger partial charge in [-0.25, -0.2) is 4.98 Å². The van der Waals surface area contributed by atoms with Crippen LogP contribution in [0.4, 0.5) is 11.8 Å². The predicted octanol–water partition coefficient (Wildman–Crippen LogP) is 3.59. The van der Waals surface area contributed by atoms with Crippen LogP contribution in [0.5, 0.6) is 5.75 Å². The third kappa shape index (κ3) is 3.68. The van der Waals surface area contributed by atoms with Crippen LogP contribution in [0.1, 0.15) is 30.9 Å². The van der Waals surface area contributed by atoms with Gasteiger partial charge in [-0.05, 0) is 31.0 Å². The van der Waals surface area contributed by atoms with Crippen LogP contribution in [-0.2, 0) is 6.54 Å². The molecular formula is C19H25N5O. The fourth-order valence-corrected chi connectivity index (χ4v) is 2.93. The number of nitrogens with zero attached hydrogens (tertiary/aromatic N) is 3. The molecule has 3 rings (SSSR count). The van der Waals surface area contributed by atoms with Gasteiger partial charge in [0.25, 0.3) is 0 Å². The predicted molar refractivity (Wildman–Crippen MR) is 102 cm³/mol. The molecule has 3 N–H and O–H groups in total. The van der Waals surface area contributed by atoms with E-state index in [1.807, 2.05) is 12.3 Å². The highest BCUT2D eigenvalue weighted by atomic mass is 16.5. The van der Waals surface area contributed by atoms with Crippen molar-refractivity contribution < 1.29 is 4.74 Å². The number of aromatic nitrogens is 3. The molecule has 2 heterocycles. The van der Waals surface area contributed by atoms with E-state index in [0.717, 1.165) is 47.6 Å². The van der Waals surface area contributed by atoms with Gasteiger partial charge in [0.2, 0.25) is 5.95 Å². The second-order valence-electron chi connectivity index (χ2n) is 6.20. The molecule has 0 aliphatic heterocycles. The molecule has 0 amide bonds. The molecule has 0 unspecified atom stereocenters. The lowest BCUT2D eigenvalue weighted by molar-refractivity contribution is 0.408. The molecule has 0 fully saturated rings. The summed E-state index contributed by atoms with van der Waals surface area (Å²) in [4.78, 5) is 8.77. The highest BCUT2D eigenvalue weighted by Gasteiger charge is 2.13. The summed E-state index contributed by atoms with van der Waals surface area (Å²) in [6.07, 6.45) is 4.22. The summed E-state index contributed by atoms with van der Waals surface area (Å²) in [5.41, 5.74) is 9.96. The highest BCUT2D eigenvalue weighted by Crippen LogP contribution is 2.26. The van der Waals surface area contributed by atoms with E-state index >= 15 is 0 Å². The normalized spacial score (nSPS) is 11.0. The zero-order valence-corrected chi connectivity index (χ0v) is 15.0. The minimum Gasteiger partial charge on any atom is -0.496 e. The minimum atomic E-state index is 0.289. The Morgan fingerprint density at radius 1 is 1.24 bits per heavy atom. The lowest BCUT2D eigenvalue weighted by atomic mass is 10.1. The van der Waals surface area contributed by atoms with Gasteiger partial charge in [0.1, 0.15) is 11.3 Å². The van der Waals surface area contributed by atoms with Gasteiger partial charge in [-0.3, -0.25) is 0 Å². The molecule has 0 spiro atoms. The molecule has 0 aliphatic carbocycles. The van der Waals surface area contributed by atoms with Crippen LogP contribution in [0.3, 0.4) is 0 Å². The van der Waals surface area contributed by atoms with Crippen LogP contribution in [0.25, 0.3) is 11.0 Å². The minimum absolute atomic E-state index is 0.289.